The van der Waals surface area contributed by atoms with Crippen molar-refractivity contribution in [1.82, 2.24) is 24.6 Å². The van der Waals surface area contributed by atoms with E-state index in [-0.39, 0.29) is 10.8 Å². The number of pyridine rings is 1. The molecule has 0 spiro atoms. The highest BCUT2D eigenvalue weighted by Gasteiger charge is 2.27. The predicted octanol–water partition coefficient (Wildman–Crippen LogP) is 2.18. The topological polar surface area (TPSA) is 117 Å². The molecular weight excluding hydrogens is 418 g/mol. The summed E-state index contributed by atoms with van der Waals surface area (Å²) in [4.78, 5) is 24.7. The van der Waals surface area contributed by atoms with Gasteiger partial charge in [-0.1, -0.05) is 0 Å². The Hall–Kier alpha value is -2.82. The second-order valence-electron chi connectivity index (χ2n) is 7.38. The van der Waals surface area contributed by atoms with Crippen molar-refractivity contribution in [3.05, 3.63) is 42.1 Å². The molecule has 2 aromatic heterocycles. The fourth-order valence-electron chi connectivity index (χ4n) is 3.61. The molecule has 2 N–H and O–H groups in total. The number of sulfonamides is 1. The monoisotopic (exact) mass is 443 g/mol. The molecule has 9 nitrogen and oxygen atoms in total. The van der Waals surface area contributed by atoms with E-state index in [9.17, 15) is 13.2 Å². The van der Waals surface area contributed by atoms with Crippen molar-refractivity contribution in [1.29, 1.82) is 0 Å². The highest BCUT2D eigenvalue weighted by atomic mass is 32.2. The first-order valence-corrected chi connectivity index (χ1v) is 11.7. The molecule has 1 aromatic carbocycles. The maximum absolute atomic E-state index is 12.7. The van der Waals surface area contributed by atoms with E-state index in [1.54, 1.807) is 43.6 Å². The van der Waals surface area contributed by atoms with Crippen molar-refractivity contribution >= 4 is 27.1 Å². The summed E-state index contributed by atoms with van der Waals surface area (Å²) in [6, 6.07) is 8.25. The third-order valence-corrected chi connectivity index (χ3v) is 7.19. The summed E-state index contributed by atoms with van der Waals surface area (Å²) in [5.41, 5.74) is 2.13. The number of nitrogens with zero attached hydrogens (tertiary/aromatic N) is 3. The first-order valence-electron chi connectivity index (χ1n) is 10.2. The minimum absolute atomic E-state index is 0.217. The zero-order valence-electron chi connectivity index (χ0n) is 17.3. The predicted molar refractivity (Wildman–Crippen MR) is 116 cm³/mol. The van der Waals surface area contributed by atoms with E-state index in [2.05, 4.69) is 20.3 Å². The minimum atomic E-state index is -3.46. The first-order chi connectivity index (χ1) is 15.0. The zero-order valence-corrected chi connectivity index (χ0v) is 18.1. The third kappa shape index (κ3) is 4.46. The number of carbonyl (C=O) groups excluding carboxylic acids is 1. The first kappa shape index (κ1) is 21.4. The molecule has 0 unspecified atom stereocenters. The van der Waals surface area contributed by atoms with Crippen molar-refractivity contribution < 1.29 is 17.9 Å². The average molecular weight is 444 g/mol. The van der Waals surface area contributed by atoms with Crippen LogP contribution in [0.5, 0.6) is 0 Å². The number of imidazole rings is 1. The van der Waals surface area contributed by atoms with Gasteiger partial charge in [-0.05, 0) is 49.6 Å². The van der Waals surface area contributed by atoms with Crippen LogP contribution < -0.4 is 5.32 Å². The normalized spacial score (nSPS) is 14.9. The Morgan fingerprint density at radius 3 is 2.65 bits per heavy atom. The summed E-state index contributed by atoms with van der Waals surface area (Å²) >= 11 is 0. The number of amides is 1. The Balaban J connectivity index is 1.57. The van der Waals surface area contributed by atoms with Crippen molar-refractivity contribution in [2.24, 2.45) is 0 Å². The number of benzene rings is 1. The molecule has 0 radical (unpaired) electrons. The second kappa shape index (κ2) is 9.13. The zero-order chi connectivity index (χ0) is 21.8. The van der Waals surface area contributed by atoms with Crippen molar-refractivity contribution in [2.75, 3.05) is 33.4 Å². The molecule has 0 aliphatic carbocycles. The van der Waals surface area contributed by atoms with E-state index in [1.807, 2.05) is 0 Å². The fraction of sp³-hybridized carbons (Fsp3) is 0.381. The van der Waals surface area contributed by atoms with Crippen LogP contribution in [-0.4, -0.2) is 66.9 Å². The number of aromatic nitrogens is 3. The lowest BCUT2D eigenvalue weighted by Crippen LogP contribution is -2.27. The number of hydrogen-bond donors (Lipinski definition) is 2. The van der Waals surface area contributed by atoms with Gasteiger partial charge in [0.05, 0.1) is 16.0 Å². The van der Waals surface area contributed by atoms with E-state index in [0.29, 0.717) is 54.4 Å². The van der Waals surface area contributed by atoms with Crippen molar-refractivity contribution in [3.8, 4) is 11.4 Å². The van der Waals surface area contributed by atoms with Crippen LogP contribution in [0.1, 0.15) is 29.6 Å². The van der Waals surface area contributed by atoms with Crippen LogP contribution in [0.2, 0.25) is 0 Å². The maximum Gasteiger partial charge on any atom is 0.253 e. The molecule has 1 saturated heterocycles. The van der Waals surface area contributed by atoms with Gasteiger partial charge in [-0.25, -0.2) is 18.4 Å². The number of ether oxygens (including phenoxy) is 1. The van der Waals surface area contributed by atoms with Gasteiger partial charge in [0.1, 0.15) is 5.82 Å². The van der Waals surface area contributed by atoms with Gasteiger partial charge in [0.25, 0.3) is 5.91 Å². The number of carbonyl (C=O) groups is 1. The standard InChI is InChI=1S/C21H25N5O4S/c1-30-14-4-10-23-21(27)17-9-11-22-20-18(17)24-19(25-20)15-5-7-16(8-6-15)31(28,29)26-12-2-3-13-26/h5-9,11H,2-4,10,12-14H2,1H3,(H,23,27)(H,22,24,25). The van der Waals surface area contributed by atoms with E-state index >= 15 is 0 Å². The van der Waals surface area contributed by atoms with Crippen molar-refractivity contribution in [3.63, 3.8) is 0 Å². The highest BCUT2D eigenvalue weighted by Crippen LogP contribution is 2.25. The summed E-state index contributed by atoms with van der Waals surface area (Å²) in [5, 5.41) is 2.86. The number of methoxy groups -OCH3 is 1. The molecule has 0 saturated carbocycles. The van der Waals surface area contributed by atoms with Crippen LogP contribution in [-0.2, 0) is 14.8 Å². The molecular formula is C21H25N5O4S. The Kier molecular flexibility index (Phi) is 6.30. The van der Waals surface area contributed by atoms with Gasteiger partial charge in [0.15, 0.2) is 5.65 Å². The molecule has 0 atom stereocenters. The molecule has 10 heteroatoms. The van der Waals surface area contributed by atoms with Gasteiger partial charge in [0, 0.05) is 45.1 Å². The molecule has 1 aliphatic rings. The van der Waals surface area contributed by atoms with Gasteiger partial charge < -0.3 is 15.0 Å². The van der Waals surface area contributed by atoms with E-state index in [0.717, 1.165) is 19.3 Å². The van der Waals surface area contributed by atoms with E-state index in [4.69, 9.17) is 4.74 Å². The van der Waals surface area contributed by atoms with Crippen LogP contribution in [0.25, 0.3) is 22.6 Å². The SMILES string of the molecule is COCCCNC(=O)c1ccnc2nc(-c3ccc(S(=O)(=O)N4CCCC4)cc3)[nH]c12. The number of nitrogens with one attached hydrogen (secondary N) is 2. The Labute approximate surface area is 180 Å². The molecule has 31 heavy (non-hydrogen) atoms. The Bertz CT molecular complexity index is 1170. The van der Waals surface area contributed by atoms with E-state index < -0.39 is 10.0 Å². The summed E-state index contributed by atoms with van der Waals surface area (Å²) < 4.78 is 31.9. The molecule has 0 bridgehead atoms. The number of hydrogen-bond acceptors (Lipinski definition) is 6. The highest BCUT2D eigenvalue weighted by molar-refractivity contribution is 7.89. The summed E-state index contributed by atoms with van der Waals surface area (Å²) in [5.74, 6) is 0.304. The van der Waals surface area contributed by atoms with Crippen molar-refractivity contribution in [2.45, 2.75) is 24.2 Å². The van der Waals surface area contributed by atoms with E-state index in [1.165, 1.54) is 4.31 Å². The lowest BCUT2D eigenvalue weighted by molar-refractivity contribution is 0.0950. The summed E-state index contributed by atoms with van der Waals surface area (Å²) in [6.45, 7) is 2.21. The molecule has 164 valence electrons. The van der Waals surface area contributed by atoms with Gasteiger partial charge in [-0.2, -0.15) is 4.31 Å². The fourth-order valence-corrected chi connectivity index (χ4v) is 5.13. The van der Waals surface area contributed by atoms with Crippen LogP contribution in [0.15, 0.2) is 41.4 Å². The van der Waals surface area contributed by atoms with Gasteiger partial charge in [0.2, 0.25) is 10.0 Å². The molecule has 3 heterocycles. The average Bonchev–Trinajstić information content (AvgIpc) is 3.47. The Morgan fingerprint density at radius 2 is 1.94 bits per heavy atom. The summed E-state index contributed by atoms with van der Waals surface area (Å²) in [7, 11) is -1.85. The molecule has 1 fully saturated rings. The van der Waals surface area contributed by atoms with Crippen LogP contribution >= 0.6 is 0 Å². The quantitative estimate of drug-likeness (QED) is 0.515. The summed E-state index contributed by atoms with van der Waals surface area (Å²) in [6.07, 6.45) is 4.05. The molecule has 3 aromatic rings. The second-order valence-corrected chi connectivity index (χ2v) is 9.32. The van der Waals surface area contributed by atoms with Gasteiger partial charge in [-0.15, -0.1) is 0 Å². The Morgan fingerprint density at radius 1 is 1.19 bits per heavy atom. The molecule has 1 aliphatic heterocycles. The molecule has 4 rings (SSSR count). The lowest BCUT2D eigenvalue weighted by atomic mass is 10.2. The maximum atomic E-state index is 12.7. The van der Waals surface area contributed by atoms with Crippen LogP contribution in [0.4, 0.5) is 0 Å². The number of fused-ring (bicyclic) bond motifs is 1. The smallest absolute Gasteiger partial charge is 0.253 e. The number of H-pyrrole nitrogens is 1. The van der Waals surface area contributed by atoms with Crippen LogP contribution in [0, 0.1) is 0 Å². The largest absolute Gasteiger partial charge is 0.385 e. The van der Waals surface area contributed by atoms with Crippen LogP contribution in [0.3, 0.4) is 0 Å². The van der Waals surface area contributed by atoms with Gasteiger partial charge in [-0.3, -0.25) is 4.79 Å². The number of rotatable bonds is 8. The minimum Gasteiger partial charge on any atom is -0.385 e. The molecule has 1 amide bonds. The third-order valence-electron chi connectivity index (χ3n) is 5.28. The lowest BCUT2D eigenvalue weighted by Gasteiger charge is -2.15. The number of aromatic amines is 1. The van der Waals surface area contributed by atoms with Gasteiger partial charge >= 0.3 is 0 Å².